The third kappa shape index (κ3) is 2.28. The smallest absolute Gasteiger partial charge is 0.169 e. The topological polar surface area (TPSA) is 25.2 Å². The summed E-state index contributed by atoms with van der Waals surface area (Å²) in [4.78, 5) is 0. The number of rotatable bonds is 4. The van der Waals surface area contributed by atoms with Crippen molar-refractivity contribution in [3.05, 3.63) is 34.2 Å². The zero-order valence-corrected chi connectivity index (χ0v) is 10.6. The highest BCUT2D eigenvalue weighted by Crippen LogP contribution is 2.27. The Morgan fingerprint density at radius 1 is 1.44 bits per heavy atom. The normalized spacial score (nSPS) is 11.2. The van der Waals surface area contributed by atoms with E-state index in [0.717, 1.165) is 34.9 Å². The minimum atomic E-state index is -0.320. The molecule has 1 aromatic heterocycles. The third-order valence-electron chi connectivity index (χ3n) is 2.49. The standard InChI is InChI=1S/C12H13BrFNO/c1-2-15-4-3-8-7-16-12-10(8)5-9(13)6-11(12)14/h5-7,15H,2-4H2,1H3. The Bertz CT molecular complexity index is 495. The zero-order valence-electron chi connectivity index (χ0n) is 9.02. The van der Waals surface area contributed by atoms with E-state index in [4.69, 9.17) is 4.42 Å². The van der Waals surface area contributed by atoms with Gasteiger partial charge in [0.15, 0.2) is 11.4 Å². The van der Waals surface area contributed by atoms with Crippen LogP contribution in [0.15, 0.2) is 27.3 Å². The molecule has 1 aromatic carbocycles. The lowest BCUT2D eigenvalue weighted by Crippen LogP contribution is -2.15. The van der Waals surface area contributed by atoms with Gasteiger partial charge in [-0.1, -0.05) is 22.9 Å². The van der Waals surface area contributed by atoms with Gasteiger partial charge in [-0.05, 0) is 37.2 Å². The lowest BCUT2D eigenvalue weighted by Gasteiger charge is -2.00. The number of nitrogens with one attached hydrogen (secondary N) is 1. The van der Waals surface area contributed by atoms with E-state index in [0.29, 0.717) is 5.58 Å². The second-order valence-electron chi connectivity index (χ2n) is 3.63. The second-order valence-corrected chi connectivity index (χ2v) is 4.54. The van der Waals surface area contributed by atoms with Crippen molar-refractivity contribution in [2.24, 2.45) is 0 Å². The van der Waals surface area contributed by atoms with Gasteiger partial charge in [0, 0.05) is 9.86 Å². The van der Waals surface area contributed by atoms with E-state index in [2.05, 4.69) is 28.2 Å². The Balaban J connectivity index is 2.32. The summed E-state index contributed by atoms with van der Waals surface area (Å²) in [5.74, 6) is -0.320. The molecule has 0 aliphatic carbocycles. The van der Waals surface area contributed by atoms with Crippen molar-refractivity contribution in [3.8, 4) is 0 Å². The molecule has 16 heavy (non-hydrogen) atoms. The van der Waals surface area contributed by atoms with Crippen LogP contribution >= 0.6 is 15.9 Å². The molecule has 0 fully saturated rings. The van der Waals surface area contributed by atoms with Gasteiger partial charge in [0.1, 0.15) is 0 Å². The van der Waals surface area contributed by atoms with Gasteiger partial charge in [0.2, 0.25) is 0 Å². The van der Waals surface area contributed by atoms with Crippen LogP contribution in [0.3, 0.4) is 0 Å². The van der Waals surface area contributed by atoms with Gasteiger partial charge < -0.3 is 9.73 Å². The third-order valence-corrected chi connectivity index (χ3v) is 2.95. The van der Waals surface area contributed by atoms with Gasteiger partial charge in [-0.2, -0.15) is 0 Å². The first-order valence-corrected chi connectivity index (χ1v) is 6.07. The van der Waals surface area contributed by atoms with E-state index < -0.39 is 0 Å². The molecule has 2 nitrogen and oxygen atoms in total. The predicted molar refractivity (Wildman–Crippen MR) is 66.1 cm³/mol. The van der Waals surface area contributed by atoms with E-state index >= 15 is 0 Å². The molecule has 1 N–H and O–H groups in total. The van der Waals surface area contributed by atoms with Gasteiger partial charge in [-0.3, -0.25) is 0 Å². The fraction of sp³-hybridized carbons (Fsp3) is 0.333. The van der Waals surface area contributed by atoms with Crippen molar-refractivity contribution >= 4 is 26.9 Å². The van der Waals surface area contributed by atoms with Crippen LogP contribution in [0, 0.1) is 5.82 Å². The Kier molecular flexibility index (Phi) is 3.61. The van der Waals surface area contributed by atoms with E-state index in [-0.39, 0.29) is 5.82 Å². The van der Waals surface area contributed by atoms with Crippen molar-refractivity contribution in [1.82, 2.24) is 5.32 Å². The number of furan rings is 1. The maximum Gasteiger partial charge on any atom is 0.169 e. The quantitative estimate of drug-likeness (QED) is 0.870. The summed E-state index contributed by atoms with van der Waals surface area (Å²) in [6.45, 7) is 3.87. The zero-order chi connectivity index (χ0) is 11.5. The molecular weight excluding hydrogens is 273 g/mol. The summed E-state index contributed by atoms with van der Waals surface area (Å²) in [5, 5.41) is 4.08. The highest BCUT2D eigenvalue weighted by molar-refractivity contribution is 9.10. The SMILES string of the molecule is CCNCCc1coc2c(F)cc(Br)cc12. The van der Waals surface area contributed by atoms with Crippen LogP contribution in [0.4, 0.5) is 4.39 Å². The molecule has 0 aliphatic rings. The molecule has 0 atom stereocenters. The van der Waals surface area contributed by atoms with Crippen LogP contribution < -0.4 is 5.32 Å². The summed E-state index contributed by atoms with van der Waals surface area (Å²) < 4.78 is 19.5. The summed E-state index contributed by atoms with van der Waals surface area (Å²) >= 11 is 3.29. The number of hydrogen-bond acceptors (Lipinski definition) is 2. The van der Waals surface area contributed by atoms with Crippen LogP contribution in [0.5, 0.6) is 0 Å². The van der Waals surface area contributed by atoms with Gasteiger partial charge in [0.25, 0.3) is 0 Å². The van der Waals surface area contributed by atoms with E-state index in [1.165, 1.54) is 6.07 Å². The predicted octanol–water partition coefficient (Wildman–Crippen LogP) is 3.49. The molecule has 0 aliphatic heterocycles. The van der Waals surface area contributed by atoms with Crippen LogP contribution in [0.1, 0.15) is 12.5 Å². The molecule has 0 bridgehead atoms. The lowest BCUT2D eigenvalue weighted by atomic mass is 10.1. The molecule has 2 aromatic rings. The van der Waals surface area contributed by atoms with E-state index in [1.54, 1.807) is 6.26 Å². The number of hydrogen-bond donors (Lipinski definition) is 1. The van der Waals surface area contributed by atoms with Crippen molar-refractivity contribution in [2.45, 2.75) is 13.3 Å². The van der Waals surface area contributed by atoms with Crippen LogP contribution in [0.25, 0.3) is 11.0 Å². The second kappa shape index (κ2) is 4.97. The minimum absolute atomic E-state index is 0.320. The number of halogens is 2. The first-order chi connectivity index (χ1) is 7.72. The Labute approximate surface area is 102 Å². The fourth-order valence-electron chi connectivity index (χ4n) is 1.71. The summed E-state index contributed by atoms with van der Waals surface area (Å²) in [6, 6.07) is 3.31. The highest BCUT2D eigenvalue weighted by Gasteiger charge is 2.10. The van der Waals surface area contributed by atoms with Gasteiger partial charge >= 0.3 is 0 Å². The van der Waals surface area contributed by atoms with Crippen molar-refractivity contribution in [3.63, 3.8) is 0 Å². The van der Waals surface area contributed by atoms with Crippen molar-refractivity contribution < 1.29 is 8.81 Å². The van der Waals surface area contributed by atoms with Crippen molar-refractivity contribution in [2.75, 3.05) is 13.1 Å². The van der Waals surface area contributed by atoms with E-state index in [9.17, 15) is 4.39 Å². The van der Waals surface area contributed by atoms with Gasteiger partial charge in [-0.15, -0.1) is 0 Å². The maximum atomic E-state index is 13.5. The summed E-state index contributed by atoms with van der Waals surface area (Å²) in [5.41, 5.74) is 1.38. The minimum Gasteiger partial charge on any atom is -0.461 e. The molecule has 0 radical (unpaired) electrons. The molecule has 0 unspecified atom stereocenters. The lowest BCUT2D eigenvalue weighted by molar-refractivity contribution is 0.557. The Hall–Kier alpha value is -0.870. The number of fused-ring (bicyclic) bond motifs is 1. The Morgan fingerprint density at radius 3 is 3.00 bits per heavy atom. The average Bonchev–Trinajstić information content (AvgIpc) is 2.62. The van der Waals surface area contributed by atoms with Crippen LogP contribution in [0.2, 0.25) is 0 Å². The van der Waals surface area contributed by atoms with Gasteiger partial charge in [0.05, 0.1) is 6.26 Å². The van der Waals surface area contributed by atoms with E-state index in [1.807, 2.05) is 6.07 Å². The monoisotopic (exact) mass is 285 g/mol. The molecule has 86 valence electrons. The molecule has 0 saturated heterocycles. The fourth-order valence-corrected chi connectivity index (χ4v) is 2.14. The largest absolute Gasteiger partial charge is 0.461 e. The summed E-state index contributed by atoms with van der Waals surface area (Å²) in [6.07, 6.45) is 2.48. The number of likely N-dealkylation sites (N-methyl/N-ethyl adjacent to an activating group) is 1. The molecule has 0 spiro atoms. The number of benzene rings is 1. The molecule has 0 saturated carbocycles. The van der Waals surface area contributed by atoms with Gasteiger partial charge in [-0.25, -0.2) is 4.39 Å². The summed E-state index contributed by atoms with van der Waals surface area (Å²) in [7, 11) is 0. The highest BCUT2D eigenvalue weighted by atomic mass is 79.9. The molecule has 4 heteroatoms. The maximum absolute atomic E-state index is 13.5. The van der Waals surface area contributed by atoms with Crippen LogP contribution in [-0.4, -0.2) is 13.1 Å². The molecule has 2 rings (SSSR count). The Morgan fingerprint density at radius 2 is 2.25 bits per heavy atom. The first-order valence-electron chi connectivity index (χ1n) is 5.28. The van der Waals surface area contributed by atoms with Crippen molar-refractivity contribution in [1.29, 1.82) is 0 Å². The molecule has 1 heterocycles. The molecular formula is C12H13BrFNO. The average molecular weight is 286 g/mol. The first kappa shape index (κ1) is 11.6. The van der Waals surface area contributed by atoms with Crippen LogP contribution in [-0.2, 0) is 6.42 Å². The molecule has 0 amide bonds.